The maximum absolute atomic E-state index is 12.6. The van der Waals surface area contributed by atoms with E-state index in [4.69, 9.17) is 0 Å². The zero-order valence-corrected chi connectivity index (χ0v) is 16.6. The van der Waals surface area contributed by atoms with Crippen LogP contribution < -0.4 is 0 Å². The Balaban J connectivity index is 1.49. The molecule has 0 saturated carbocycles. The quantitative estimate of drug-likeness (QED) is 0.685. The molecule has 0 aliphatic carbocycles. The van der Waals surface area contributed by atoms with E-state index >= 15 is 0 Å². The second-order valence-electron chi connectivity index (χ2n) is 7.51. The fourth-order valence-electron chi connectivity index (χ4n) is 3.96. The summed E-state index contributed by atoms with van der Waals surface area (Å²) >= 11 is 0. The first kappa shape index (κ1) is 18.6. The molecule has 0 N–H and O–H groups in total. The Morgan fingerprint density at radius 3 is 2.61 bits per heavy atom. The third-order valence-electron chi connectivity index (χ3n) is 5.74. The standard InChI is InChI=1S/C22H27N5O/c1-3-25(2)22(28)20-21-23-12-9-19(27(21)16-24-20)18-10-13-26(14-11-18)15-17-7-5-4-6-8-17/h4-9,12,16,18H,3,10-11,13-15H2,1-2H3. The first-order valence-corrected chi connectivity index (χ1v) is 10.0. The molecule has 0 radical (unpaired) electrons. The highest BCUT2D eigenvalue weighted by Crippen LogP contribution is 2.29. The van der Waals surface area contributed by atoms with Gasteiger partial charge in [-0.05, 0) is 44.5 Å². The minimum absolute atomic E-state index is 0.0765. The lowest BCUT2D eigenvalue weighted by atomic mass is 9.93. The third-order valence-corrected chi connectivity index (χ3v) is 5.74. The molecule has 2 aromatic heterocycles. The van der Waals surface area contributed by atoms with Crippen molar-refractivity contribution in [3.63, 3.8) is 0 Å². The van der Waals surface area contributed by atoms with Crippen molar-refractivity contribution in [2.45, 2.75) is 32.2 Å². The summed E-state index contributed by atoms with van der Waals surface area (Å²) in [6.07, 6.45) is 5.76. The molecule has 0 atom stereocenters. The molecule has 1 amide bonds. The second-order valence-corrected chi connectivity index (χ2v) is 7.51. The van der Waals surface area contributed by atoms with Crippen molar-refractivity contribution in [1.82, 2.24) is 24.2 Å². The Morgan fingerprint density at radius 2 is 1.89 bits per heavy atom. The number of hydrogen-bond acceptors (Lipinski definition) is 4. The molecular formula is C22H27N5O. The number of imidazole rings is 1. The van der Waals surface area contributed by atoms with Crippen LogP contribution in [0.15, 0.2) is 48.9 Å². The molecule has 6 heteroatoms. The van der Waals surface area contributed by atoms with Gasteiger partial charge in [0.15, 0.2) is 11.3 Å². The Labute approximate surface area is 165 Å². The average Bonchev–Trinajstić information content (AvgIpc) is 3.18. The first-order valence-electron chi connectivity index (χ1n) is 10.0. The van der Waals surface area contributed by atoms with Gasteiger partial charge in [-0.15, -0.1) is 0 Å². The number of hydrogen-bond donors (Lipinski definition) is 0. The van der Waals surface area contributed by atoms with Gasteiger partial charge in [0, 0.05) is 37.9 Å². The number of amides is 1. The number of likely N-dealkylation sites (tertiary alicyclic amines) is 1. The van der Waals surface area contributed by atoms with Gasteiger partial charge in [0.05, 0.1) is 0 Å². The maximum Gasteiger partial charge on any atom is 0.276 e. The van der Waals surface area contributed by atoms with Gasteiger partial charge >= 0.3 is 0 Å². The highest BCUT2D eigenvalue weighted by Gasteiger charge is 2.25. The monoisotopic (exact) mass is 377 g/mol. The van der Waals surface area contributed by atoms with Crippen LogP contribution in [0, 0.1) is 0 Å². The number of fused-ring (bicyclic) bond motifs is 1. The van der Waals surface area contributed by atoms with Gasteiger partial charge in [0.2, 0.25) is 0 Å². The van der Waals surface area contributed by atoms with E-state index in [1.54, 1.807) is 18.3 Å². The molecule has 0 spiro atoms. The summed E-state index contributed by atoms with van der Waals surface area (Å²) in [6, 6.07) is 12.7. The van der Waals surface area contributed by atoms with E-state index in [1.807, 2.05) is 17.5 Å². The van der Waals surface area contributed by atoms with E-state index in [0.29, 0.717) is 23.8 Å². The number of carbonyl (C=O) groups excluding carboxylic acids is 1. The number of carbonyl (C=O) groups is 1. The van der Waals surface area contributed by atoms with Gasteiger partial charge in [0.25, 0.3) is 5.91 Å². The number of aromatic nitrogens is 3. The molecule has 4 rings (SSSR count). The number of piperidine rings is 1. The fourth-order valence-corrected chi connectivity index (χ4v) is 3.96. The average molecular weight is 377 g/mol. The van der Waals surface area contributed by atoms with Crippen molar-refractivity contribution in [2.24, 2.45) is 0 Å². The van der Waals surface area contributed by atoms with E-state index in [-0.39, 0.29) is 5.91 Å². The van der Waals surface area contributed by atoms with E-state index < -0.39 is 0 Å². The van der Waals surface area contributed by atoms with Crippen molar-refractivity contribution in [2.75, 3.05) is 26.7 Å². The smallest absolute Gasteiger partial charge is 0.276 e. The van der Waals surface area contributed by atoms with Gasteiger partial charge in [0.1, 0.15) is 6.33 Å². The van der Waals surface area contributed by atoms with E-state index in [0.717, 1.165) is 32.5 Å². The highest BCUT2D eigenvalue weighted by atomic mass is 16.2. The molecule has 1 aliphatic heterocycles. The van der Waals surface area contributed by atoms with Crippen LogP contribution in [0.25, 0.3) is 5.65 Å². The van der Waals surface area contributed by atoms with Crippen LogP contribution in [-0.4, -0.2) is 56.8 Å². The fraction of sp³-hybridized carbons (Fsp3) is 0.409. The summed E-state index contributed by atoms with van der Waals surface area (Å²) in [5.41, 5.74) is 3.67. The second kappa shape index (κ2) is 8.10. The van der Waals surface area contributed by atoms with Crippen molar-refractivity contribution in [1.29, 1.82) is 0 Å². The Hall–Kier alpha value is -2.73. The summed E-state index contributed by atoms with van der Waals surface area (Å²) < 4.78 is 2.01. The molecule has 146 valence electrons. The Bertz CT molecular complexity index is 944. The third kappa shape index (κ3) is 3.64. The summed E-state index contributed by atoms with van der Waals surface area (Å²) in [7, 11) is 1.79. The maximum atomic E-state index is 12.6. The van der Waals surface area contributed by atoms with Crippen molar-refractivity contribution >= 4 is 11.6 Å². The summed E-state index contributed by atoms with van der Waals surface area (Å²) in [5, 5.41) is 0. The van der Waals surface area contributed by atoms with Crippen molar-refractivity contribution < 1.29 is 4.79 Å². The topological polar surface area (TPSA) is 53.7 Å². The molecule has 3 heterocycles. The summed E-state index contributed by atoms with van der Waals surface area (Å²) in [6.45, 7) is 5.76. The van der Waals surface area contributed by atoms with Crippen LogP contribution in [-0.2, 0) is 6.54 Å². The molecule has 1 saturated heterocycles. The molecule has 1 aromatic carbocycles. The molecule has 1 aliphatic rings. The van der Waals surface area contributed by atoms with E-state index in [1.165, 1.54) is 11.3 Å². The lowest BCUT2D eigenvalue weighted by Crippen LogP contribution is -2.33. The number of rotatable bonds is 5. The van der Waals surface area contributed by atoms with Gasteiger partial charge in [-0.1, -0.05) is 30.3 Å². The molecule has 28 heavy (non-hydrogen) atoms. The van der Waals surface area contributed by atoms with Gasteiger partial charge in [-0.25, -0.2) is 9.97 Å². The normalized spacial score (nSPS) is 15.8. The molecular weight excluding hydrogens is 350 g/mol. The summed E-state index contributed by atoms with van der Waals surface area (Å²) in [4.78, 5) is 25.6. The van der Waals surface area contributed by atoms with Crippen LogP contribution in [0.5, 0.6) is 0 Å². The SMILES string of the molecule is CCN(C)C(=O)c1ncn2c(C3CCN(Cc4ccccc4)CC3)ccnc12. The van der Waals surface area contributed by atoms with Crippen molar-refractivity contribution in [3.05, 3.63) is 65.9 Å². The number of benzene rings is 1. The minimum Gasteiger partial charge on any atom is -0.341 e. The predicted molar refractivity (Wildman–Crippen MR) is 109 cm³/mol. The van der Waals surface area contributed by atoms with Crippen LogP contribution in [0.2, 0.25) is 0 Å². The summed E-state index contributed by atoms with van der Waals surface area (Å²) in [5.74, 6) is 0.380. The van der Waals surface area contributed by atoms with E-state index in [2.05, 4.69) is 51.3 Å². The molecule has 3 aromatic rings. The van der Waals surface area contributed by atoms with Crippen LogP contribution in [0.4, 0.5) is 0 Å². The van der Waals surface area contributed by atoms with Gasteiger partial charge in [-0.2, -0.15) is 0 Å². The van der Waals surface area contributed by atoms with Gasteiger partial charge < -0.3 is 4.90 Å². The lowest BCUT2D eigenvalue weighted by Gasteiger charge is -2.32. The minimum atomic E-state index is -0.0765. The molecule has 1 fully saturated rings. The molecule has 0 bridgehead atoms. The molecule has 6 nitrogen and oxygen atoms in total. The first-order chi connectivity index (χ1) is 13.7. The number of nitrogens with zero attached hydrogens (tertiary/aromatic N) is 5. The zero-order valence-electron chi connectivity index (χ0n) is 16.6. The Morgan fingerprint density at radius 1 is 1.14 bits per heavy atom. The predicted octanol–water partition coefficient (Wildman–Crippen LogP) is 3.20. The lowest BCUT2D eigenvalue weighted by molar-refractivity contribution is 0.0799. The largest absolute Gasteiger partial charge is 0.341 e. The van der Waals surface area contributed by atoms with Crippen molar-refractivity contribution in [3.8, 4) is 0 Å². The van der Waals surface area contributed by atoms with E-state index in [9.17, 15) is 4.79 Å². The zero-order chi connectivity index (χ0) is 19.5. The van der Waals surface area contributed by atoms with Crippen LogP contribution in [0.1, 0.15) is 47.4 Å². The van der Waals surface area contributed by atoms with Crippen LogP contribution >= 0.6 is 0 Å². The van der Waals surface area contributed by atoms with Crippen LogP contribution in [0.3, 0.4) is 0 Å². The highest BCUT2D eigenvalue weighted by molar-refractivity contribution is 5.97. The van der Waals surface area contributed by atoms with Gasteiger partial charge in [-0.3, -0.25) is 14.1 Å². The Kier molecular flexibility index (Phi) is 5.39. The molecule has 0 unspecified atom stereocenters.